The topological polar surface area (TPSA) is 58.6 Å². The zero-order valence-corrected chi connectivity index (χ0v) is 17.1. The van der Waals surface area contributed by atoms with E-state index in [4.69, 9.17) is 4.74 Å². The van der Waals surface area contributed by atoms with Gasteiger partial charge in [-0.05, 0) is 61.7 Å². The molecule has 2 aromatic rings. The van der Waals surface area contributed by atoms with Crippen LogP contribution in [0.4, 0.5) is 5.69 Å². The standard InChI is InChI=1S/C21H23BrN2O3/c1-14-8-9-16(21(26)27-2)12-18(14)23-20(25)13-24-10-4-7-19(24)15-5-3-6-17(22)11-15/h3,5-6,8-9,11-12,19H,4,7,10,13H2,1-2H3,(H,23,25). The number of carbonyl (C=O) groups is 2. The maximum absolute atomic E-state index is 12.6. The Bertz CT molecular complexity index is 853. The molecular weight excluding hydrogens is 408 g/mol. The molecule has 1 unspecified atom stereocenters. The van der Waals surface area contributed by atoms with Crippen LogP contribution in [-0.2, 0) is 9.53 Å². The molecule has 27 heavy (non-hydrogen) atoms. The zero-order valence-electron chi connectivity index (χ0n) is 15.5. The summed E-state index contributed by atoms with van der Waals surface area (Å²) in [6, 6.07) is 13.7. The van der Waals surface area contributed by atoms with Crippen molar-refractivity contribution >= 4 is 33.5 Å². The number of carbonyl (C=O) groups excluding carboxylic acids is 2. The van der Waals surface area contributed by atoms with Gasteiger partial charge in [-0.3, -0.25) is 9.69 Å². The molecule has 1 aliphatic heterocycles. The Balaban J connectivity index is 1.69. The maximum Gasteiger partial charge on any atom is 0.337 e. The van der Waals surface area contributed by atoms with Crippen LogP contribution in [0.1, 0.15) is 40.4 Å². The van der Waals surface area contributed by atoms with E-state index in [0.717, 1.165) is 29.4 Å². The number of benzene rings is 2. The van der Waals surface area contributed by atoms with Crippen LogP contribution in [0.2, 0.25) is 0 Å². The van der Waals surface area contributed by atoms with Crippen LogP contribution in [0.15, 0.2) is 46.9 Å². The second-order valence-corrected chi connectivity index (χ2v) is 7.67. The molecule has 5 nitrogen and oxygen atoms in total. The molecule has 1 saturated heterocycles. The van der Waals surface area contributed by atoms with Crippen molar-refractivity contribution in [2.24, 2.45) is 0 Å². The van der Waals surface area contributed by atoms with E-state index in [2.05, 4.69) is 38.3 Å². The number of hydrogen-bond acceptors (Lipinski definition) is 4. The van der Waals surface area contributed by atoms with Crippen molar-refractivity contribution in [1.29, 1.82) is 0 Å². The molecule has 6 heteroatoms. The van der Waals surface area contributed by atoms with E-state index in [-0.39, 0.29) is 11.9 Å². The highest BCUT2D eigenvalue weighted by molar-refractivity contribution is 9.10. The number of nitrogens with one attached hydrogen (secondary N) is 1. The van der Waals surface area contributed by atoms with Gasteiger partial charge in [0.2, 0.25) is 5.91 Å². The summed E-state index contributed by atoms with van der Waals surface area (Å²) < 4.78 is 5.80. The van der Waals surface area contributed by atoms with Gasteiger partial charge >= 0.3 is 5.97 Å². The molecule has 0 saturated carbocycles. The lowest BCUT2D eigenvalue weighted by Gasteiger charge is -2.24. The molecule has 0 radical (unpaired) electrons. The Morgan fingerprint density at radius 1 is 1.26 bits per heavy atom. The summed E-state index contributed by atoms with van der Waals surface area (Å²) in [6.45, 7) is 3.11. The van der Waals surface area contributed by atoms with Crippen molar-refractivity contribution in [1.82, 2.24) is 4.90 Å². The smallest absolute Gasteiger partial charge is 0.337 e. The molecular formula is C21H23BrN2O3. The highest BCUT2D eigenvalue weighted by Gasteiger charge is 2.27. The number of methoxy groups -OCH3 is 1. The first-order valence-corrected chi connectivity index (χ1v) is 9.75. The minimum Gasteiger partial charge on any atom is -0.465 e. The van der Waals surface area contributed by atoms with Gasteiger partial charge in [-0.15, -0.1) is 0 Å². The molecule has 2 aromatic carbocycles. The van der Waals surface area contributed by atoms with E-state index >= 15 is 0 Å². The van der Waals surface area contributed by atoms with E-state index in [1.165, 1.54) is 12.7 Å². The van der Waals surface area contributed by atoms with E-state index in [1.807, 2.05) is 25.1 Å². The predicted molar refractivity (Wildman–Crippen MR) is 109 cm³/mol. The van der Waals surface area contributed by atoms with Gasteiger partial charge in [-0.25, -0.2) is 4.79 Å². The van der Waals surface area contributed by atoms with Crippen molar-refractivity contribution in [2.45, 2.75) is 25.8 Å². The number of amides is 1. The van der Waals surface area contributed by atoms with Crippen molar-refractivity contribution in [3.8, 4) is 0 Å². The van der Waals surface area contributed by atoms with Crippen LogP contribution in [0.3, 0.4) is 0 Å². The fourth-order valence-electron chi connectivity index (χ4n) is 3.48. The largest absolute Gasteiger partial charge is 0.465 e. The Kier molecular flexibility index (Phi) is 6.29. The summed E-state index contributed by atoms with van der Waals surface area (Å²) in [5.41, 5.74) is 3.19. The zero-order chi connectivity index (χ0) is 19.4. The molecule has 1 N–H and O–H groups in total. The molecule has 1 amide bonds. The summed E-state index contributed by atoms with van der Waals surface area (Å²) in [5, 5.41) is 2.94. The second-order valence-electron chi connectivity index (χ2n) is 6.75. The van der Waals surface area contributed by atoms with Crippen LogP contribution in [0, 0.1) is 6.92 Å². The van der Waals surface area contributed by atoms with E-state index in [0.29, 0.717) is 17.8 Å². The average Bonchev–Trinajstić information content (AvgIpc) is 3.11. The Morgan fingerprint density at radius 2 is 2.07 bits per heavy atom. The molecule has 0 aromatic heterocycles. The van der Waals surface area contributed by atoms with E-state index in [1.54, 1.807) is 12.1 Å². The lowest BCUT2D eigenvalue weighted by atomic mass is 10.0. The number of aryl methyl sites for hydroxylation is 1. The number of nitrogens with zero attached hydrogens (tertiary/aromatic N) is 1. The third kappa shape index (κ3) is 4.76. The molecule has 0 aliphatic carbocycles. The first kappa shape index (κ1) is 19.6. The van der Waals surface area contributed by atoms with Crippen LogP contribution in [0.5, 0.6) is 0 Å². The van der Waals surface area contributed by atoms with Crippen molar-refractivity contribution in [2.75, 3.05) is 25.5 Å². The van der Waals surface area contributed by atoms with Gasteiger partial charge in [-0.2, -0.15) is 0 Å². The van der Waals surface area contributed by atoms with Gasteiger partial charge in [0.15, 0.2) is 0 Å². The molecule has 3 rings (SSSR count). The number of ether oxygens (including phenoxy) is 1. The summed E-state index contributed by atoms with van der Waals surface area (Å²) in [5.74, 6) is -0.498. The minimum absolute atomic E-state index is 0.0815. The fourth-order valence-corrected chi connectivity index (χ4v) is 3.90. The quantitative estimate of drug-likeness (QED) is 0.717. The number of halogens is 1. The number of esters is 1. The Morgan fingerprint density at radius 3 is 2.81 bits per heavy atom. The van der Waals surface area contributed by atoms with E-state index < -0.39 is 5.97 Å². The van der Waals surface area contributed by atoms with Crippen LogP contribution >= 0.6 is 15.9 Å². The molecule has 0 bridgehead atoms. The minimum atomic E-state index is -0.417. The van der Waals surface area contributed by atoms with Crippen LogP contribution in [-0.4, -0.2) is 37.0 Å². The first-order chi connectivity index (χ1) is 13.0. The van der Waals surface area contributed by atoms with Crippen molar-refractivity contribution in [3.05, 3.63) is 63.6 Å². The third-order valence-electron chi connectivity index (χ3n) is 4.88. The summed E-state index contributed by atoms with van der Waals surface area (Å²) in [7, 11) is 1.34. The Hall–Kier alpha value is -2.18. The Labute approximate surface area is 167 Å². The molecule has 1 atom stereocenters. The molecule has 1 heterocycles. The molecule has 142 valence electrons. The van der Waals surface area contributed by atoms with Gasteiger partial charge in [0.1, 0.15) is 0 Å². The van der Waals surface area contributed by atoms with Crippen LogP contribution in [0.25, 0.3) is 0 Å². The number of anilines is 1. The lowest BCUT2D eigenvalue weighted by Crippen LogP contribution is -2.33. The average molecular weight is 431 g/mol. The molecule has 1 aliphatic rings. The first-order valence-electron chi connectivity index (χ1n) is 8.96. The maximum atomic E-state index is 12.6. The van der Waals surface area contributed by atoms with Gasteiger partial charge < -0.3 is 10.1 Å². The SMILES string of the molecule is COC(=O)c1ccc(C)c(NC(=O)CN2CCCC2c2cccc(Br)c2)c1. The van der Waals surface area contributed by atoms with Gasteiger partial charge in [-0.1, -0.05) is 34.1 Å². The highest BCUT2D eigenvalue weighted by Crippen LogP contribution is 2.32. The van der Waals surface area contributed by atoms with Crippen LogP contribution < -0.4 is 5.32 Å². The predicted octanol–water partition coefficient (Wildman–Crippen LogP) is 4.32. The summed E-state index contributed by atoms with van der Waals surface area (Å²) in [6.07, 6.45) is 2.11. The number of likely N-dealkylation sites (tertiary alicyclic amines) is 1. The van der Waals surface area contributed by atoms with Crippen molar-refractivity contribution in [3.63, 3.8) is 0 Å². The number of rotatable bonds is 5. The summed E-state index contributed by atoms with van der Waals surface area (Å²) in [4.78, 5) is 26.6. The number of hydrogen-bond donors (Lipinski definition) is 1. The second kappa shape index (κ2) is 8.67. The van der Waals surface area contributed by atoms with Gasteiger partial charge in [0, 0.05) is 16.2 Å². The monoisotopic (exact) mass is 430 g/mol. The fraction of sp³-hybridized carbons (Fsp3) is 0.333. The van der Waals surface area contributed by atoms with Gasteiger partial charge in [0.05, 0.1) is 19.2 Å². The molecule has 1 fully saturated rings. The third-order valence-corrected chi connectivity index (χ3v) is 5.37. The van der Waals surface area contributed by atoms with Gasteiger partial charge in [0.25, 0.3) is 0 Å². The van der Waals surface area contributed by atoms with E-state index in [9.17, 15) is 9.59 Å². The summed E-state index contributed by atoms with van der Waals surface area (Å²) >= 11 is 3.52. The highest BCUT2D eigenvalue weighted by atomic mass is 79.9. The van der Waals surface area contributed by atoms with Crippen molar-refractivity contribution < 1.29 is 14.3 Å². The molecule has 0 spiro atoms. The lowest BCUT2D eigenvalue weighted by molar-refractivity contribution is -0.117. The normalized spacial score (nSPS) is 16.9.